The molecule has 0 N–H and O–H groups in total. The maximum atomic E-state index is 10.9. The van der Waals surface area contributed by atoms with E-state index < -0.39 is 19.0 Å². The van der Waals surface area contributed by atoms with E-state index in [1.54, 1.807) is 0 Å². The van der Waals surface area contributed by atoms with Crippen LogP contribution in [0.4, 0.5) is 17.6 Å². The van der Waals surface area contributed by atoms with E-state index in [0.717, 1.165) is 0 Å². The van der Waals surface area contributed by atoms with Gasteiger partial charge in [0.15, 0.2) is 0 Å². The minimum Gasteiger partial charge on any atom is -0.844 e. The van der Waals surface area contributed by atoms with E-state index >= 15 is 0 Å². The number of halogens is 4. The van der Waals surface area contributed by atoms with Crippen molar-refractivity contribution < 1.29 is 41.5 Å². The summed E-state index contributed by atoms with van der Waals surface area (Å²) in [6, 6.07) is 0. The average Bonchev–Trinajstić information content (AvgIpc) is 1.64. The molecule has 0 bridgehead atoms. The average molecular weight is 138 g/mol. The molecule has 0 heterocycles. The third kappa shape index (κ3) is 4.76. The van der Waals surface area contributed by atoms with E-state index in [2.05, 4.69) is 0 Å². The Morgan fingerprint density at radius 1 is 0.889 bits per heavy atom. The molecule has 0 radical (unpaired) electrons. The van der Waals surface area contributed by atoms with Crippen LogP contribution in [0.15, 0.2) is 0 Å². The van der Waals surface area contributed by atoms with E-state index in [4.69, 9.17) is 0 Å². The van der Waals surface area contributed by atoms with E-state index in [0.29, 0.717) is 0 Å². The first-order valence-corrected chi connectivity index (χ1v) is 1.78. The van der Waals surface area contributed by atoms with Gasteiger partial charge < -0.3 is 5.11 Å². The first-order valence-electron chi connectivity index (χ1n) is 1.78. The van der Waals surface area contributed by atoms with Crippen LogP contribution in [0.2, 0.25) is 0 Å². The van der Waals surface area contributed by atoms with E-state index in [9.17, 15) is 22.7 Å². The summed E-state index contributed by atoms with van der Waals surface area (Å²) in [6.07, 6.45) is -9.97. The summed E-state index contributed by atoms with van der Waals surface area (Å²) in [5.41, 5.74) is 0. The van der Waals surface area contributed by atoms with Crippen molar-refractivity contribution in [2.24, 2.45) is 0 Å². The zero-order valence-corrected chi connectivity index (χ0v) is 4.65. The van der Waals surface area contributed by atoms with Gasteiger partial charge in [-0.3, -0.25) is 0 Å². The molecule has 0 aromatic heterocycles. The summed E-state index contributed by atoms with van der Waals surface area (Å²) >= 11 is 0. The van der Waals surface area contributed by atoms with Gasteiger partial charge in [-0.1, -0.05) is 0 Å². The minimum absolute atomic E-state index is 0. The Morgan fingerprint density at radius 3 is 1.11 bits per heavy atom. The fourth-order valence-corrected chi connectivity index (χ4v) is 0.110. The van der Waals surface area contributed by atoms with Crippen LogP contribution in [0, 0.1) is 0 Å². The second-order valence-electron chi connectivity index (χ2n) is 1.13. The van der Waals surface area contributed by atoms with Crippen LogP contribution in [0.25, 0.3) is 0 Å². The van der Waals surface area contributed by atoms with Crippen LogP contribution in [0.3, 0.4) is 0 Å². The first kappa shape index (κ1) is 12.0. The third-order valence-electron chi connectivity index (χ3n) is 0.497. The summed E-state index contributed by atoms with van der Waals surface area (Å²) in [5.74, 6) is 0. The van der Waals surface area contributed by atoms with Crippen molar-refractivity contribution in [3.8, 4) is 0 Å². The van der Waals surface area contributed by atoms with Crippen molar-refractivity contribution in [2.45, 2.75) is 19.0 Å². The Bertz CT molecular complexity index is 60.8. The predicted octanol–water partition coefficient (Wildman–Crippen LogP) is -2.75. The fraction of sp³-hybridized carbons (Fsp3) is 1.00. The SMILES string of the molecule is [Li+].[O-]C(C(F)F)C(F)F. The topological polar surface area (TPSA) is 23.1 Å². The van der Waals surface area contributed by atoms with Crippen molar-refractivity contribution >= 4 is 0 Å². The number of rotatable bonds is 2. The maximum absolute atomic E-state index is 10.9. The molecule has 0 aliphatic rings. The Hall–Kier alpha value is 0.277. The van der Waals surface area contributed by atoms with Gasteiger partial charge in [0.25, 0.3) is 0 Å². The van der Waals surface area contributed by atoms with E-state index in [1.165, 1.54) is 0 Å². The number of alkyl halides is 4. The van der Waals surface area contributed by atoms with Crippen molar-refractivity contribution in [3.05, 3.63) is 0 Å². The molecule has 0 aliphatic carbocycles. The minimum atomic E-state index is -3.46. The van der Waals surface area contributed by atoms with Gasteiger partial charge in [-0.05, 0) is 6.10 Å². The molecule has 0 amide bonds. The molecule has 9 heavy (non-hydrogen) atoms. The molecule has 0 aliphatic heterocycles. The van der Waals surface area contributed by atoms with Crippen LogP contribution in [0.1, 0.15) is 0 Å². The molecule has 0 aromatic carbocycles. The smallest absolute Gasteiger partial charge is 0.844 e. The number of hydrogen-bond donors (Lipinski definition) is 0. The van der Waals surface area contributed by atoms with Gasteiger partial charge in [-0.2, -0.15) is 0 Å². The summed E-state index contributed by atoms with van der Waals surface area (Å²) in [4.78, 5) is 0. The van der Waals surface area contributed by atoms with E-state index in [1.807, 2.05) is 0 Å². The Balaban J connectivity index is 0. The van der Waals surface area contributed by atoms with Crippen LogP contribution < -0.4 is 24.0 Å². The monoisotopic (exact) mass is 138 g/mol. The molecular formula is C3H3F4LiO. The molecule has 0 aromatic rings. The molecule has 1 nitrogen and oxygen atoms in total. The van der Waals surface area contributed by atoms with Gasteiger partial charge in [0.05, 0.1) is 0 Å². The Kier molecular flexibility index (Phi) is 6.79. The molecule has 50 valence electrons. The fourth-order valence-electron chi connectivity index (χ4n) is 0.110. The predicted molar refractivity (Wildman–Crippen MR) is 15.8 cm³/mol. The number of hydrogen-bond acceptors (Lipinski definition) is 1. The largest absolute Gasteiger partial charge is 1.00 e. The van der Waals surface area contributed by atoms with Crippen molar-refractivity contribution in [1.29, 1.82) is 0 Å². The molecule has 0 saturated heterocycles. The van der Waals surface area contributed by atoms with Crippen LogP contribution in [0.5, 0.6) is 0 Å². The Labute approximate surface area is 61.2 Å². The van der Waals surface area contributed by atoms with Gasteiger partial charge in [0.2, 0.25) is 12.9 Å². The molecule has 0 fully saturated rings. The quantitative estimate of drug-likeness (QED) is 0.299. The standard InChI is InChI=1S/C3H3F4O.Li/c4-2(5)1(8)3(6)7;/h1-3H;/q-1;+1. The summed E-state index contributed by atoms with van der Waals surface area (Å²) < 4.78 is 43.5. The van der Waals surface area contributed by atoms with Crippen molar-refractivity contribution in [3.63, 3.8) is 0 Å². The molecule has 0 unspecified atom stereocenters. The second kappa shape index (κ2) is 5.09. The van der Waals surface area contributed by atoms with Gasteiger partial charge in [0.1, 0.15) is 0 Å². The van der Waals surface area contributed by atoms with E-state index in [-0.39, 0.29) is 18.9 Å². The zero-order valence-electron chi connectivity index (χ0n) is 4.65. The second-order valence-corrected chi connectivity index (χ2v) is 1.13. The molecule has 6 heteroatoms. The Morgan fingerprint density at radius 2 is 1.11 bits per heavy atom. The summed E-state index contributed by atoms with van der Waals surface area (Å²) in [6.45, 7) is 0. The first-order chi connectivity index (χ1) is 3.55. The molecular weight excluding hydrogens is 135 g/mol. The third-order valence-corrected chi connectivity index (χ3v) is 0.497. The van der Waals surface area contributed by atoms with Crippen LogP contribution in [-0.2, 0) is 0 Å². The van der Waals surface area contributed by atoms with Crippen LogP contribution >= 0.6 is 0 Å². The van der Waals surface area contributed by atoms with Gasteiger partial charge in [0, 0.05) is 0 Å². The maximum Gasteiger partial charge on any atom is 1.00 e. The summed E-state index contributed by atoms with van der Waals surface area (Å²) in [7, 11) is 0. The van der Waals surface area contributed by atoms with Gasteiger partial charge in [-0.15, -0.1) is 0 Å². The van der Waals surface area contributed by atoms with Crippen LogP contribution in [-0.4, -0.2) is 19.0 Å². The molecule has 0 spiro atoms. The normalized spacial score (nSPS) is 10.7. The zero-order chi connectivity index (χ0) is 6.73. The molecule has 0 rings (SSSR count). The van der Waals surface area contributed by atoms with Crippen molar-refractivity contribution in [1.82, 2.24) is 0 Å². The molecule has 0 atom stereocenters. The summed E-state index contributed by atoms with van der Waals surface area (Å²) in [5, 5.41) is 9.43. The van der Waals surface area contributed by atoms with Gasteiger partial charge >= 0.3 is 18.9 Å². The van der Waals surface area contributed by atoms with Crippen molar-refractivity contribution in [2.75, 3.05) is 0 Å². The molecule has 0 saturated carbocycles. The van der Waals surface area contributed by atoms with Gasteiger partial charge in [-0.25, -0.2) is 17.6 Å².